The van der Waals surface area contributed by atoms with Gasteiger partial charge in [0.2, 0.25) is 5.91 Å². The van der Waals surface area contributed by atoms with E-state index in [-0.39, 0.29) is 29.9 Å². The Morgan fingerprint density at radius 1 is 1.12 bits per heavy atom. The topological polar surface area (TPSA) is 128 Å². The van der Waals surface area contributed by atoms with Crippen molar-refractivity contribution in [1.29, 1.82) is 0 Å². The van der Waals surface area contributed by atoms with E-state index in [0.717, 1.165) is 0 Å². The summed E-state index contributed by atoms with van der Waals surface area (Å²) in [7, 11) is 0. The first-order valence-corrected chi connectivity index (χ1v) is 9.98. The lowest BCUT2D eigenvalue weighted by atomic mass is 10.1. The number of fused-ring (bicyclic) bond motifs is 1. The fourth-order valence-electron chi connectivity index (χ4n) is 3.38. The molecule has 168 valence electrons. The summed E-state index contributed by atoms with van der Waals surface area (Å²) in [5, 5.41) is 3.18. The molecule has 0 bridgehead atoms. The van der Waals surface area contributed by atoms with Gasteiger partial charge < -0.3 is 24.2 Å². The number of carbonyl (C=O) groups excluding carboxylic acids is 3. The Bertz CT molecular complexity index is 1270. The third-order valence-corrected chi connectivity index (χ3v) is 4.70. The highest BCUT2D eigenvalue weighted by molar-refractivity contribution is 5.98. The molecule has 0 unspecified atom stereocenters. The number of aromatic amines is 1. The molecule has 9 heteroatoms. The summed E-state index contributed by atoms with van der Waals surface area (Å²) in [5.41, 5.74) is 1.90. The predicted molar refractivity (Wildman–Crippen MR) is 117 cm³/mol. The van der Waals surface area contributed by atoms with Crippen molar-refractivity contribution in [3.63, 3.8) is 0 Å². The molecule has 2 aromatic heterocycles. The Labute approximate surface area is 183 Å². The second-order valence-corrected chi connectivity index (χ2v) is 7.64. The van der Waals surface area contributed by atoms with Gasteiger partial charge in [-0.15, -0.1) is 0 Å². The lowest BCUT2D eigenvalue weighted by Gasteiger charge is -2.09. The zero-order chi connectivity index (χ0) is 23.6. The molecular weight excluding hydrogens is 416 g/mol. The molecule has 0 saturated heterocycles. The van der Waals surface area contributed by atoms with E-state index in [2.05, 4.69) is 10.3 Å². The van der Waals surface area contributed by atoms with Crippen LogP contribution in [0.5, 0.6) is 0 Å². The number of anilines is 1. The Morgan fingerprint density at radius 2 is 1.84 bits per heavy atom. The number of esters is 2. The molecule has 1 aromatic carbocycles. The minimum absolute atomic E-state index is 0.137. The average molecular weight is 440 g/mol. The zero-order valence-corrected chi connectivity index (χ0v) is 18.5. The van der Waals surface area contributed by atoms with Crippen molar-refractivity contribution in [2.45, 2.75) is 47.3 Å². The number of carbonyl (C=O) groups is 3. The van der Waals surface area contributed by atoms with Gasteiger partial charge in [-0.1, -0.05) is 0 Å². The first kappa shape index (κ1) is 22.8. The number of ether oxygens (including phenoxy) is 2. The standard InChI is InChI=1S/C23H24N2O7/c1-11(2)31-22(28)20-12(3)21(24-13(20)4)23(29)30-10-15-8-19(27)32-18-9-16(25-14(5)26)6-7-17(15)18/h6-9,11,24H,10H2,1-5H3,(H,25,26). The van der Waals surface area contributed by atoms with E-state index in [1.165, 1.54) is 19.1 Å². The summed E-state index contributed by atoms with van der Waals surface area (Å²) < 4.78 is 15.8. The summed E-state index contributed by atoms with van der Waals surface area (Å²) >= 11 is 0. The maximum absolute atomic E-state index is 12.7. The Kier molecular flexibility index (Phi) is 6.47. The molecule has 0 aliphatic carbocycles. The van der Waals surface area contributed by atoms with Crippen LogP contribution in [0.25, 0.3) is 11.0 Å². The summed E-state index contributed by atoms with van der Waals surface area (Å²) in [6.45, 7) is 7.96. The van der Waals surface area contributed by atoms with Gasteiger partial charge in [-0.05, 0) is 45.4 Å². The molecule has 2 N–H and O–H groups in total. The van der Waals surface area contributed by atoms with Crippen molar-refractivity contribution in [2.24, 2.45) is 0 Å². The van der Waals surface area contributed by atoms with Crippen LogP contribution in [0, 0.1) is 13.8 Å². The third-order valence-electron chi connectivity index (χ3n) is 4.70. The van der Waals surface area contributed by atoms with E-state index >= 15 is 0 Å². The first-order chi connectivity index (χ1) is 15.1. The Balaban J connectivity index is 1.84. The second kappa shape index (κ2) is 9.09. The van der Waals surface area contributed by atoms with Crippen LogP contribution < -0.4 is 10.9 Å². The molecule has 32 heavy (non-hydrogen) atoms. The van der Waals surface area contributed by atoms with Crippen molar-refractivity contribution in [3.8, 4) is 0 Å². The lowest BCUT2D eigenvalue weighted by molar-refractivity contribution is -0.114. The molecule has 9 nitrogen and oxygen atoms in total. The van der Waals surface area contributed by atoms with Crippen molar-refractivity contribution in [3.05, 3.63) is 62.8 Å². The van der Waals surface area contributed by atoms with Gasteiger partial charge in [0, 0.05) is 41.4 Å². The van der Waals surface area contributed by atoms with Crippen molar-refractivity contribution in [1.82, 2.24) is 4.98 Å². The second-order valence-electron chi connectivity index (χ2n) is 7.64. The minimum atomic E-state index is -0.676. The molecule has 0 radical (unpaired) electrons. The van der Waals surface area contributed by atoms with Crippen LogP contribution in [0.1, 0.15) is 58.4 Å². The van der Waals surface area contributed by atoms with Crippen molar-refractivity contribution in [2.75, 3.05) is 5.32 Å². The normalized spacial score (nSPS) is 10.9. The molecule has 2 heterocycles. The summed E-state index contributed by atoms with van der Waals surface area (Å²) in [6.07, 6.45) is -0.296. The largest absolute Gasteiger partial charge is 0.459 e. The molecule has 0 atom stereocenters. The number of H-pyrrole nitrogens is 1. The van der Waals surface area contributed by atoms with Gasteiger partial charge in [0.1, 0.15) is 17.9 Å². The number of hydrogen-bond donors (Lipinski definition) is 2. The summed E-state index contributed by atoms with van der Waals surface area (Å²) in [5.74, 6) is -1.46. The average Bonchev–Trinajstić information content (AvgIpc) is 2.98. The Hall–Kier alpha value is -3.88. The molecule has 1 amide bonds. The van der Waals surface area contributed by atoms with Gasteiger partial charge in [-0.2, -0.15) is 0 Å². The van der Waals surface area contributed by atoms with Crippen LogP contribution in [0.3, 0.4) is 0 Å². The van der Waals surface area contributed by atoms with Crippen LogP contribution in [0.2, 0.25) is 0 Å². The van der Waals surface area contributed by atoms with E-state index in [1.807, 2.05) is 0 Å². The third kappa shape index (κ3) is 4.88. The highest BCUT2D eigenvalue weighted by Gasteiger charge is 2.24. The quantitative estimate of drug-likeness (QED) is 0.443. The summed E-state index contributed by atoms with van der Waals surface area (Å²) in [6, 6.07) is 6.08. The fraction of sp³-hybridized carbons (Fsp3) is 0.304. The van der Waals surface area contributed by atoms with Gasteiger partial charge in [0.05, 0.1) is 11.7 Å². The van der Waals surface area contributed by atoms with E-state index in [4.69, 9.17) is 13.9 Å². The Morgan fingerprint density at radius 3 is 2.50 bits per heavy atom. The van der Waals surface area contributed by atoms with Crippen LogP contribution in [-0.2, 0) is 20.9 Å². The summed E-state index contributed by atoms with van der Waals surface area (Å²) in [4.78, 5) is 51.1. The van der Waals surface area contributed by atoms with E-state index in [0.29, 0.717) is 33.5 Å². The maximum atomic E-state index is 12.7. The van der Waals surface area contributed by atoms with Gasteiger partial charge in [-0.3, -0.25) is 4.79 Å². The number of amides is 1. The minimum Gasteiger partial charge on any atom is -0.459 e. The van der Waals surface area contributed by atoms with Gasteiger partial charge in [-0.25, -0.2) is 14.4 Å². The lowest BCUT2D eigenvalue weighted by Crippen LogP contribution is -2.13. The monoisotopic (exact) mass is 440 g/mol. The molecule has 3 aromatic rings. The highest BCUT2D eigenvalue weighted by atomic mass is 16.5. The molecule has 3 rings (SSSR count). The zero-order valence-electron chi connectivity index (χ0n) is 18.5. The predicted octanol–water partition coefficient (Wildman–Crippen LogP) is 3.62. The molecular formula is C23H24N2O7. The number of nitrogens with one attached hydrogen (secondary N) is 2. The molecule has 0 aliphatic rings. The number of hydrogen-bond acceptors (Lipinski definition) is 7. The van der Waals surface area contributed by atoms with E-state index < -0.39 is 17.6 Å². The van der Waals surface area contributed by atoms with Crippen molar-refractivity contribution < 1.29 is 28.3 Å². The van der Waals surface area contributed by atoms with Gasteiger partial charge >= 0.3 is 17.6 Å². The van der Waals surface area contributed by atoms with Crippen LogP contribution in [0.15, 0.2) is 33.5 Å². The smallest absolute Gasteiger partial charge is 0.355 e. The highest BCUT2D eigenvalue weighted by Crippen LogP contribution is 2.24. The number of aromatic nitrogens is 1. The number of rotatable bonds is 6. The molecule has 0 saturated carbocycles. The van der Waals surface area contributed by atoms with E-state index in [1.54, 1.807) is 39.8 Å². The van der Waals surface area contributed by atoms with E-state index in [9.17, 15) is 19.2 Å². The van der Waals surface area contributed by atoms with Crippen LogP contribution >= 0.6 is 0 Å². The first-order valence-electron chi connectivity index (χ1n) is 9.98. The fourth-order valence-corrected chi connectivity index (χ4v) is 3.38. The van der Waals surface area contributed by atoms with Gasteiger partial charge in [0.25, 0.3) is 0 Å². The number of benzene rings is 1. The molecule has 0 aliphatic heterocycles. The SMILES string of the molecule is CC(=O)Nc1ccc2c(COC(=O)c3[nH]c(C)c(C(=O)OC(C)C)c3C)cc(=O)oc2c1. The van der Waals surface area contributed by atoms with Crippen LogP contribution in [-0.4, -0.2) is 28.9 Å². The maximum Gasteiger partial charge on any atom is 0.355 e. The molecule has 0 spiro atoms. The van der Waals surface area contributed by atoms with Crippen molar-refractivity contribution >= 4 is 34.5 Å². The van der Waals surface area contributed by atoms with Crippen LogP contribution in [0.4, 0.5) is 5.69 Å². The molecule has 0 fully saturated rings. The van der Waals surface area contributed by atoms with Gasteiger partial charge in [0.15, 0.2) is 0 Å². The number of aryl methyl sites for hydroxylation is 1.